The lowest BCUT2D eigenvalue weighted by Crippen LogP contribution is -2.32. The molecule has 4 rings (SSSR count). The standard InChI is InChI=1S/C19H17N3O2S2/c1-3-22(19-21-13-7-4-5-8-15(13)26-19)17(23)11-14-12(2)24-18(20-14)16-9-6-10-25-16/h4-10H,3,11H2,1-2H3. The molecule has 0 aliphatic rings. The van der Waals surface area contributed by atoms with E-state index in [1.807, 2.05) is 55.6 Å². The van der Waals surface area contributed by atoms with Crippen molar-refractivity contribution in [2.45, 2.75) is 20.3 Å². The molecule has 0 N–H and O–H groups in total. The Bertz CT molecular complexity index is 1020. The SMILES string of the molecule is CCN(C(=O)Cc1nc(-c2cccs2)oc1C)c1nc2ccccc2s1. The Kier molecular flexibility index (Phi) is 4.57. The number of carbonyl (C=O) groups excluding carboxylic acids is 1. The Morgan fingerprint density at radius 3 is 2.77 bits per heavy atom. The Hall–Kier alpha value is -2.51. The maximum absolute atomic E-state index is 12.9. The van der Waals surface area contributed by atoms with Gasteiger partial charge in [-0.2, -0.15) is 0 Å². The van der Waals surface area contributed by atoms with E-state index >= 15 is 0 Å². The second-order valence-corrected chi connectivity index (χ2v) is 7.73. The van der Waals surface area contributed by atoms with Gasteiger partial charge in [-0.1, -0.05) is 29.5 Å². The summed E-state index contributed by atoms with van der Waals surface area (Å²) in [6, 6.07) is 11.8. The Morgan fingerprint density at radius 2 is 2.04 bits per heavy atom. The van der Waals surface area contributed by atoms with Gasteiger partial charge >= 0.3 is 0 Å². The molecule has 132 valence electrons. The molecule has 0 saturated heterocycles. The molecule has 4 aromatic rings. The van der Waals surface area contributed by atoms with Crippen molar-refractivity contribution in [3.05, 3.63) is 53.2 Å². The lowest BCUT2D eigenvalue weighted by atomic mass is 10.2. The summed E-state index contributed by atoms with van der Waals surface area (Å²) in [6.45, 7) is 4.37. The molecule has 1 aromatic carbocycles. The van der Waals surface area contributed by atoms with E-state index in [0.717, 1.165) is 20.2 Å². The molecule has 0 atom stereocenters. The first-order valence-corrected chi connectivity index (χ1v) is 10.0. The van der Waals surface area contributed by atoms with Crippen molar-refractivity contribution in [3.63, 3.8) is 0 Å². The summed E-state index contributed by atoms with van der Waals surface area (Å²) >= 11 is 3.10. The quantitative estimate of drug-likeness (QED) is 0.491. The number of hydrogen-bond donors (Lipinski definition) is 0. The van der Waals surface area contributed by atoms with Crippen LogP contribution in [-0.4, -0.2) is 22.4 Å². The van der Waals surface area contributed by atoms with Crippen LogP contribution in [0.2, 0.25) is 0 Å². The summed E-state index contributed by atoms with van der Waals surface area (Å²) in [5.41, 5.74) is 1.59. The molecule has 3 aromatic heterocycles. The van der Waals surface area contributed by atoms with Gasteiger partial charge in [-0.05, 0) is 37.4 Å². The molecule has 0 unspecified atom stereocenters. The van der Waals surface area contributed by atoms with E-state index in [9.17, 15) is 4.79 Å². The largest absolute Gasteiger partial charge is 0.440 e. The summed E-state index contributed by atoms with van der Waals surface area (Å²) < 4.78 is 6.82. The highest BCUT2D eigenvalue weighted by atomic mass is 32.1. The fraction of sp³-hybridized carbons (Fsp3) is 0.211. The van der Waals surface area contributed by atoms with Crippen molar-refractivity contribution < 1.29 is 9.21 Å². The summed E-state index contributed by atoms with van der Waals surface area (Å²) in [6.07, 6.45) is 0.199. The van der Waals surface area contributed by atoms with Crippen LogP contribution < -0.4 is 4.90 Å². The number of aryl methyl sites for hydroxylation is 1. The van der Waals surface area contributed by atoms with Gasteiger partial charge in [-0.25, -0.2) is 9.97 Å². The highest BCUT2D eigenvalue weighted by Crippen LogP contribution is 2.30. The van der Waals surface area contributed by atoms with Crippen LogP contribution in [0.25, 0.3) is 21.0 Å². The molecule has 5 nitrogen and oxygen atoms in total. The fourth-order valence-electron chi connectivity index (χ4n) is 2.73. The predicted octanol–water partition coefficient (Wildman–Crippen LogP) is 4.92. The molecule has 3 heterocycles. The number of benzene rings is 1. The lowest BCUT2D eigenvalue weighted by Gasteiger charge is -2.16. The van der Waals surface area contributed by atoms with Crippen molar-refractivity contribution >= 4 is 43.9 Å². The highest BCUT2D eigenvalue weighted by molar-refractivity contribution is 7.22. The minimum Gasteiger partial charge on any atom is -0.440 e. The average molecular weight is 383 g/mol. The number of likely N-dealkylation sites (N-methyl/N-ethyl adjacent to an activating group) is 1. The van der Waals surface area contributed by atoms with Gasteiger partial charge in [0, 0.05) is 6.54 Å². The third-order valence-electron chi connectivity index (χ3n) is 4.07. The Balaban J connectivity index is 1.58. The number of hydrogen-bond acceptors (Lipinski definition) is 6. The molecule has 1 amide bonds. The maximum Gasteiger partial charge on any atom is 0.236 e. The molecule has 0 aliphatic carbocycles. The van der Waals surface area contributed by atoms with E-state index in [0.29, 0.717) is 23.9 Å². The number of para-hydroxylation sites is 1. The number of oxazole rings is 1. The number of aromatic nitrogens is 2. The van der Waals surface area contributed by atoms with Gasteiger partial charge in [0.05, 0.1) is 27.2 Å². The molecular weight excluding hydrogens is 366 g/mol. The molecule has 0 fully saturated rings. The van der Waals surface area contributed by atoms with Gasteiger partial charge in [0.1, 0.15) is 5.76 Å². The Morgan fingerprint density at radius 1 is 1.19 bits per heavy atom. The van der Waals surface area contributed by atoms with Crippen LogP contribution in [0.1, 0.15) is 18.4 Å². The predicted molar refractivity (Wildman–Crippen MR) is 106 cm³/mol. The topological polar surface area (TPSA) is 59.2 Å². The number of rotatable bonds is 5. The number of carbonyl (C=O) groups is 1. The minimum absolute atomic E-state index is 0.0271. The summed E-state index contributed by atoms with van der Waals surface area (Å²) in [5.74, 6) is 1.23. The molecule has 0 saturated carbocycles. The smallest absolute Gasteiger partial charge is 0.236 e. The number of thiophene rings is 1. The first-order chi connectivity index (χ1) is 12.7. The molecule has 0 spiro atoms. The van der Waals surface area contributed by atoms with Crippen LogP contribution in [-0.2, 0) is 11.2 Å². The first kappa shape index (κ1) is 16.9. The van der Waals surface area contributed by atoms with Crippen LogP contribution >= 0.6 is 22.7 Å². The number of thiazole rings is 1. The van der Waals surface area contributed by atoms with Crippen molar-refractivity contribution in [1.82, 2.24) is 9.97 Å². The van der Waals surface area contributed by atoms with Crippen LogP contribution in [0, 0.1) is 6.92 Å². The van der Waals surface area contributed by atoms with Crippen molar-refractivity contribution in [2.24, 2.45) is 0 Å². The van der Waals surface area contributed by atoms with Crippen LogP contribution in [0.3, 0.4) is 0 Å². The van der Waals surface area contributed by atoms with E-state index in [1.54, 1.807) is 16.2 Å². The van der Waals surface area contributed by atoms with Gasteiger partial charge in [-0.3, -0.25) is 9.69 Å². The van der Waals surface area contributed by atoms with Gasteiger partial charge < -0.3 is 4.42 Å². The third-order valence-corrected chi connectivity index (χ3v) is 5.99. The second kappa shape index (κ2) is 7.01. The Labute approximate surface area is 158 Å². The summed E-state index contributed by atoms with van der Waals surface area (Å²) in [7, 11) is 0. The number of anilines is 1. The highest BCUT2D eigenvalue weighted by Gasteiger charge is 2.22. The van der Waals surface area contributed by atoms with E-state index in [4.69, 9.17) is 4.42 Å². The van der Waals surface area contributed by atoms with E-state index in [2.05, 4.69) is 9.97 Å². The monoisotopic (exact) mass is 383 g/mol. The number of fused-ring (bicyclic) bond motifs is 1. The van der Waals surface area contributed by atoms with Crippen molar-refractivity contribution in [2.75, 3.05) is 11.4 Å². The number of nitrogens with zero attached hydrogens (tertiary/aromatic N) is 3. The van der Waals surface area contributed by atoms with Gasteiger partial charge in [0.15, 0.2) is 5.13 Å². The minimum atomic E-state index is -0.0271. The zero-order chi connectivity index (χ0) is 18.1. The van der Waals surface area contributed by atoms with E-state index in [1.165, 1.54) is 11.3 Å². The van der Waals surface area contributed by atoms with Crippen LogP contribution in [0.15, 0.2) is 46.2 Å². The van der Waals surface area contributed by atoms with E-state index in [-0.39, 0.29) is 12.3 Å². The van der Waals surface area contributed by atoms with Crippen LogP contribution in [0.5, 0.6) is 0 Å². The molecule has 0 bridgehead atoms. The zero-order valence-corrected chi connectivity index (χ0v) is 16.1. The molecule has 0 radical (unpaired) electrons. The van der Waals surface area contributed by atoms with Crippen molar-refractivity contribution in [3.8, 4) is 10.8 Å². The third kappa shape index (κ3) is 3.15. The van der Waals surface area contributed by atoms with Crippen molar-refractivity contribution in [1.29, 1.82) is 0 Å². The lowest BCUT2D eigenvalue weighted by molar-refractivity contribution is -0.118. The molecule has 7 heteroatoms. The van der Waals surface area contributed by atoms with E-state index < -0.39 is 0 Å². The molecular formula is C19H17N3O2S2. The second-order valence-electron chi connectivity index (χ2n) is 5.78. The fourth-order valence-corrected chi connectivity index (χ4v) is 4.43. The zero-order valence-electron chi connectivity index (χ0n) is 14.4. The van der Waals surface area contributed by atoms with Gasteiger partial charge in [0.2, 0.25) is 11.8 Å². The summed E-state index contributed by atoms with van der Waals surface area (Å²) in [4.78, 5) is 24.7. The van der Waals surface area contributed by atoms with Gasteiger partial charge in [-0.15, -0.1) is 11.3 Å². The average Bonchev–Trinajstić information content (AvgIpc) is 3.35. The molecule has 26 heavy (non-hydrogen) atoms. The van der Waals surface area contributed by atoms with Crippen LogP contribution in [0.4, 0.5) is 5.13 Å². The normalized spacial score (nSPS) is 11.2. The molecule has 0 aliphatic heterocycles. The maximum atomic E-state index is 12.9. The first-order valence-electron chi connectivity index (χ1n) is 8.32. The van der Waals surface area contributed by atoms with Gasteiger partial charge in [0.25, 0.3) is 0 Å². The summed E-state index contributed by atoms with van der Waals surface area (Å²) in [5, 5.41) is 2.70. The number of amides is 1.